The molecule has 0 radical (unpaired) electrons. The van der Waals surface area contributed by atoms with E-state index in [0.717, 1.165) is 10.6 Å². The van der Waals surface area contributed by atoms with E-state index in [1.807, 2.05) is 18.4 Å². The van der Waals surface area contributed by atoms with Crippen molar-refractivity contribution in [1.82, 2.24) is 0 Å². The molecule has 1 aliphatic heterocycles. The summed E-state index contributed by atoms with van der Waals surface area (Å²) in [4.78, 5) is 13.0. The van der Waals surface area contributed by atoms with Crippen LogP contribution in [0, 0.1) is 11.3 Å². The third-order valence-corrected chi connectivity index (χ3v) is 9.39. The molecule has 5 rings (SSSR count). The molecule has 2 saturated carbocycles. The Morgan fingerprint density at radius 3 is 2.83 bits per heavy atom. The number of carbonyl (C=O) groups excluding carboxylic acids is 1. The molecule has 158 valence electrons. The van der Waals surface area contributed by atoms with Gasteiger partial charge in [-0.25, -0.2) is 4.79 Å². The molecule has 2 bridgehead atoms. The Labute approximate surface area is 183 Å². The minimum atomic E-state index is -0.252. The normalized spacial score (nSPS) is 33.9. The molecule has 0 N–H and O–H groups in total. The van der Waals surface area contributed by atoms with Crippen LogP contribution in [0.15, 0.2) is 29.6 Å². The van der Waals surface area contributed by atoms with Gasteiger partial charge in [0.1, 0.15) is 11.4 Å². The van der Waals surface area contributed by atoms with Gasteiger partial charge in [0.15, 0.2) is 0 Å². The zero-order valence-electron chi connectivity index (χ0n) is 18.5. The first-order valence-corrected chi connectivity index (χ1v) is 11.9. The Morgan fingerprint density at radius 2 is 2.07 bits per heavy atom. The van der Waals surface area contributed by atoms with Crippen molar-refractivity contribution in [2.45, 2.75) is 64.9 Å². The molecule has 2 aliphatic carbocycles. The SMILES string of the molecule is CCOC(=O)c1csc(C=C(C)c2ccc3c(c2)C2(C)C4(C)CCC(C4)C2(C)O3)c1. The van der Waals surface area contributed by atoms with E-state index < -0.39 is 0 Å². The molecule has 3 aliphatic rings. The summed E-state index contributed by atoms with van der Waals surface area (Å²) in [5, 5.41) is 1.87. The van der Waals surface area contributed by atoms with Gasteiger partial charge in [0.25, 0.3) is 0 Å². The average Bonchev–Trinajstić information content (AvgIpc) is 3.42. The molecule has 1 aromatic heterocycles. The first-order valence-electron chi connectivity index (χ1n) is 11.0. The highest BCUT2D eigenvalue weighted by Crippen LogP contribution is 2.73. The standard InChI is InChI=1S/C26H30O3S/c1-6-28-23(27)18-12-20(30-15-18)11-16(2)17-7-8-22-21(13-17)25(4)24(3)10-9-19(14-24)26(25,5)29-22/h7-8,11-13,15,19H,6,9-10,14H2,1-5H3. The molecule has 4 unspecified atom stereocenters. The van der Waals surface area contributed by atoms with E-state index in [1.54, 1.807) is 11.3 Å². The van der Waals surface area contributed by atoms with Crippen molar-refractivity contribution in [1.29, 1.82) is 0 Å². The van der Waals surface area contributed by atoms with Crippen LogP contribution in [0.1, 0.15) is 80.2 Å². The Morgan fingerprint density at radius 1 is 1.27 bits per heavy atom. The number of thiophene rings is 1. The smallest absolute Gasteiger partial charge is 0.338 e. The van der Waals surface area contributed by atoms with Gasteiger partial charge in [-0.2, -0.15) is 0 Å². The lowest BCUT2D eigenvalue weighted by Gasteiger charge is -2.48. The van der Waals surface area contributed by atoms with Gasteiger partial charge in [0.05, 0.1) is 12.2 Å². The monoisotopic (exact) mass is 422 g/mol. The van der Waals surface area contributed by atoms with Crippen LogP contribution in [-0.4, -0.2) is 18.2 Å². The number of allylic oxidation sites excluding steroid dienone is 1. The summed E-state index contributed by atoms with van der Waals surface area (Å²) in [6, 6.07) is 8.61. The lowest BCUT2D eigenvalue weighted by atomic mass is 9.56. The maximum atomic E-state index is 12.0. The molecular weight excluding hydrogens is 392 g/mol. The lowest BCUT2D eigenvalue weighted by Crippen LogP contribution is -2.54. The summed E-state index contributed by atoms with van der Waals surface area (Å²) in [6.45, 7) is 11.6. The Kier molecular flexibility index (Phi) is 4.28. The summed E-state index contributed by atoms with van der Waals surface area (Å²) in [5.74, 6) is 1.46. The number of rotatable bonds is 4. The molecule has 3 nitrogen and oxygen atoms in total. The van der Waals surface area contributed by atoms with Crippen LogP contribution in [0.2, 0.25) is 0 Å². The molecule has 30 heavy (non-hydrogen) atoms. The number of esters is 1. The summed E-state index contributed by atoms with van der Waals surface area (Å²) in [7, 11) is 0. The number of hydrogen-bond acceptors (Lipinski definition) is 4. The lowest BCUT2D eigenvalue weighted by molar-refractivity contribution is -0.0260. The van der Waals surface area contributed by atoms with Crippen molar-refractivity contribution >= 4 is 29.0 Å². The minimum Gasteiger partial charge on any atom is -0.486 e. The van der Waals surface area contributed by atoms with Crippen molar-refractivity contribution in [3.8, 4) is 5.75 Å². The highest BCUT2D eigenvalue weighted by molar-refractivity contribution is 7.11. The second-order valence-electron chi connectivity index (χ2n) is 9.83. The van der Waals surface area contributed by atoms with E-state index in [0.29, 0.717) is 23.5 Å². The van der Waals surface area contributed by atoms with E-state index in [1.165, 1.54) is 36.0 Å². The van der Waals surface area contributed by atoms with E-state index in [2.05, 4.69) is 52.0 Å². The van der Waals surface area contributed by atoms with Crippen LogP contribution in [0.25, 0.3) is 11.6 Å². The maximum Gasteiger partial charge on any atom is 0.338 e. The van der Waals surface area contributed by atoms with Crippen molar-refractivity contribution < 1.29 is 14.3 Å². The van der Waals surface area contributed by atoms with Crippen LogP contribution >= 0.6 is 11.3 Å². The highest BCUT2D eigenvalue weighted by atomic mass is 32.1. The van der Waals surface area contributed by atoms with Crippen LogP contribution in [0.4, 0.5) is 0 Å². The zero-order chi connectivity index (χ0) is 21.3. The van der Waals surface area contributed by atoms with Gasteiger partial charge in [0, 0.05) is 21.2 Å². The number of ether oxygens (including phenoxy) is 2. The predicted octanol–water partition coefficient (Wildman–Crippen LogP) is 6.71. The van der Waals surface area contributed by atoms with Gasteiger partial charge < -0.3 is 9.47 Å². The predicted molar refractivity (Wildman–Crippen MR) is 122 cm³/mol. The van der Waals surface area contributed by atoms with Gasteiger partial charge >= 0.3 is 5.97 Å². The topological polar surface area (TPSA) is 35.5 Å². The number of carbonyl (C=O) groups is 1. The summed E-state index contributed by atoms with van der Waals surface area (Å²) >= 11 is 1.57. The molecule has 0 saturated heterocycles. The van der Waals surface area contributed by atoms with E-state index in [-0.39, 0.29) is 17.0 Å². The van der Waals surface area contributed by atoms with Gasteiger partial charge in [0.2, 0.25) is 0 Å². The molecule has 0 amide bonds. The van der Waals surface area contributed by atoms with Gasteiger partial charge in [-0.3, -0.25) is 0 Å². The quantitative estimate of drug-likeness (QED) is 0.513. The highest BCUT2D eigenvalue weighted by Gasteiger charge is 2.73. The first-order chi connectivity index (χ1) is 14.2. The number of hydrogen-bond donors (Lipinski definition) is 0. The zero-order valence-corrected chi connectivity index (χ0v) is 19.3. The number of benzene rings is 1. The van der Waals surface area contributed by atoms with Crippen molar-refractivity contribution in [3.05, 3.63) is 51.2 Å². The molecule has 2 aromatic rings. The fourth-order valence-electron chi connectivity index (χ4n) is 6.48. The van der Waals surface area contributed by atoms with E-state index in [4.69, 9.17) is 9.47 Å². The fraction of sp³-hybridized carbons (Fsp3) is 0.500. The Hall–Kier alpha value is -2.07. The van der Waals surface area contributed by atoms with E-state index in [9.17, 15) is 4.79 Å². The molecule has 4 atom stereocenters. The molecule has 1 aromatic carbocycles. The third kappa shape index (κ3) is 2.46. The maximum absolute atomic E-state index is 12.0. The van der Waals surface area contributed by atoms with Gasteiger partial charge in [-0.15, -0.1) is 11.3 Å². The van der Waals surface area contributed by atoms with Crippen molar-refractivity contribution in [2.75, 3.05) is 6.61 Å². The van der Waals surface area contributed by atoms with Crippen LogP contribution in [0.3, 0.4) is 0 Å². The molecule has 2 fully saturated rings. The second-order valence-corrected chi connectivity index (χ2v) is 10.8. The first kappa shape index (κ1) is 19.9. The van der Waals surface area contributed by atoms with Crippen molar-refractivity contribution in [2.24, 2.45) is 11.3 Å². The average molecular weight is 423 g/mol. The fourth-order valence-corrected chi connectivity index (χ4v) is 7.35. The molecule has 4 heteroatoms. The summed E-state index contributed by atoms with van der Waals surface area (Å²) in [6.07, 6.45) is 6.00. The second kappa shape index (κ2) is 6.46. The van der Waals surface area contributed by atoms with Crippen LogP contribution < -0.4 is 4.74 Å². The van der Waals surface area contributed by atoms with E-state index >= 15 is 0 Å². The summed E-state index contributed by atoms with van der Waals surface area (Å²) < 4.78 is 11.8. The molecule has 2 heterocycles. The molecular formula is C26H30O3S. The van der Waals surface area contributed by atoms with Gasteiger partial charge in [-0.05, 0) is 86.8 Å². The Bertz CT molecular complexity index is 1070. The largest absolute Gasteiger partial charge is 0.486 e. The van der Waals surface area contributed by atoms with Crippen molar-refractivity contribution in [3.63, 3.8) is 0 Å². The van der Waals surface area contributed by atoms with Crippen LogP contribution in [0.5, 0.6) is 5.75 Å². The molecule has 0 spiro atoms. The number of fused-ring (bicyclic) bond motifs is 7. The summed E-state index contributed by atoms with van der Waals surface area (Å²) in [5.41, 5.74) is 4.67. The van der Waals surface area contributed by atoms with Gasteiger partial charge in [-0.1, -0.05) is 19.9 Å². The van der Waals surface area contributed by atoms with Crippen LogP contribution in [-0.2, 0) is 10.2 Å². The minimum absolute atomic E-state index is 0.0502. The Balaban J connectivity index is 1.49. The third-order valence-electron chi connectivity index (χ3n) is 8.51.